The van der Waals surface area contributed by atoms with Crippen molar-refractivity contribution >= 4 is 34.1 Å². The van der Waals surface area contributed by atoms with Gasteiger partial charge in [-0.05, 0) is 31.9 Å². The number of carbonyl (C=O) groups is 1. The molecule has 0 aliphatic heterocycles. The Bertz CT molecular complexity index is 423. The number of nitrogens with zero attached hydrogens (tertiary/aromatic N) is 1. The zero-order valence-corrected chi connectivity index (χ0v) is 13.0. The summed E-state index contributed by atoms with van der Waals surface area (Å²) in [6.45, 7) is 4.39. The number of hydrogen-bond donors (Lipinski definition) is 1. The summed E-state index contributed by atoms with van der Waals surface area (Å²) in [6, 6.07) is 0.456. The summed E-state index contributed by atoms with van der Waals surface area (Å²) in [7, 11) is 0. The Labute approximate surface area is 122 Å². The van der Waals surface area contributed by atoms with Gasteiger partial charge in [0.05, 0.1) is 12.1 Å². The number of anilines is 1. The van der Waals surface area contributed by atoms with Gasteiger partial charge in [0, 0.05) is 11.3 Å². The molecule has 1 heterocycles. The average molecular weight is 300 g/mol. The summed E-state index contributed by atoms with van der Waals surface area (Å²) in [5.41, 5.74) is 2.13. The van der Waals surface area contributed by atoms with Gasteiger partial charge in [-0.1, -0.05) is 6.92 Å². The molecule has 1 aromatic rings. The van der Waals surface area contributed by atoms with E-state index in [9.17, 15) is 4.79 Å². The Morgan fingerprint density at radius 1 is 1.58 bits per heavy atom. The quantitative estimate of drug-likeness (QED) is 0.816. The van der Waals surface area contributed by atoms with Gasteiger partial charge in [-0.2, -0.15) is 11.8 Å². The number of carbonyl (C=O) groups excluding carboxylic acids is 1. The zero-order chi connectivity index (χ0) is 13.7. The van der Waals surface area contributed by atoms with Crippen LogP contribution in [0.3, 0.4) is 0 Å². The molecule has 1 aliphatic carbocycles. The number of thioether (sulfide) groups is 1. The van der Waals surface area contributed by atoms with E-state index in [0.717, 1.165) is 16.7 Å². The average Bonchev–Trinajstić information content (AvgIpc) is 3.00. The summed E-state index contributed by atoms with van der Waals surface area (Å²) in [6.07, 6.45) is 3.58. The fourth-order valence-electron chi connectivity index (χ4n) is 2.34. The fraction of sp³-hybridized carbons (Fsp3) is 0.692. The minimum atomic E-state index is -0.330. The lowest BCUT2D eigenvalue weighted by Gasteiger charge is -2.13. The van der Waals surface area contributed by atoms with Crippen LogP contribution in [0, 0.1) is 0 Å². The van der Waals surface area contributed by atoms with Crippen LogP contribution in [0.25, 0.3) is 0 Å². The zero-order valence-electron chi connectivity index (χ0n) is 11.3. The maximum Gasteiger partial charge on any atom is 0.360 e. The van der Waals surface area contributed by atoms with E-state index in [2.05, 4.69) is 17.2 Å². The molecule has 1 N–H and O–H groups in total. The number of ether oxygens (including phenoxy) is 1. The van der Waals surface area contributed by atoms with E-state index in [0.29, 0.717) is 18.3 Å². The van der Waals surface area contributed by atoms with Crippen molar-refractivity contribution in [1.82, 2.24) is 4.98 Å². The highest BCUT2D eigenvalue weighted by atomic mass is 32.2. The van der Waals surface area contributed by atoms with E-state index in [1.807, 2.05) is 11.8 Å². The molecule has 106 valence electrons. The van der Waals surface area contributed by atoms with Crippen LogP contribution >= 0.6 is 23.1 Å². The number of nitrogens with one attached hydrogen (secondary N) is 1. The van der Waals surface area contributed by atoms with Crippen LogP contribution in [-0.2, 0) is 4.74 Å². The first-order valence-corrected chi connectivity index (χ1v) is 8.66. The molecule has 2 unspecified atom stereocenters. The van der Waals surface area contributed by atoms with Gasteiger partial charge in [-0.3, -0.25) is 0 Å². The Morgan fingerprint density at radius 2 is 2.42 bits per heavy atom. The Kier molecular flexibility index (Phi) is 5.51. The molecule has 4 nitrogen and oxygen atoms in total. The van der Waals surface area contributed by atoms with Gasteiger partial charge >= 0.3 is 5.97 Å². The molecule has 1 aromatic heterocycles. The van der Waals surface area contributed by atoms with E-state index < -0.39 is 0 Å². The third-order valence-electron chi connectivity index (χ3n) is 3.16. The molecule has 1 saturated carbocycles. The third-order valence-corrected chi connectivity index (χ3v) is 5.15. The smallest absolute Gasteiger partial charge is 0.360 e. The molecular formula is C13H20N2O2S2. The highest BCUT2D eigenvalue weighted by Crippen LogP contribution is 2.33. The Hall–Kier alpha value is -0.750. The summed E-state index contributed by atoms with van der Waals surface area (Å²) < 4.78 is 5.01. The van der Waals surface area contributed by atoms with Gasteiger partial charge in [-0.25, -0.2) is 9.78 Å². The van der Waals surface area contributed by atoms with Crippen LogP contribution < -0.4 is 5.32 Å². The van der Waals surface area contributed by atoms with Crippen LogP contribution in [0.4, 0.5) is 5.00 Å². The molecule has 0 amide bonds. The first-order valence-electron chi connectivity index (χ1n) is 6.73. The van der Waals surface area contributed by atoms with Crippen molar-refractivity contribution in [1.29, 1.82) is 0 Å². The summed E-state index contributed by atoms with van der Waals surface area (Å²) >= 11 is 3.51. The summed E-state index contributed by atoms with van der Waals surface area (Å²) in [5.74, 6) is 0.843. The highest BCUT2D eigenvalue weighted by Gasteiger charge is 2.26. The SMILES string of the molecule is CCOC(=O)c1ncsc1NC1CCC(SCC)C1. The molecule has 0 radical (unpaired) electrons. The van der Waals surface area contributed by atoms with E-state index in [1.54, 1.807) is 12.4 Å². The number of hydrogen-bond acceptors (Lipinski definition) is 6. The van der Waals surface area contributed by atoms with E-state index in [1.165, 1.54) is 29.9 Å². The summed E-state index contributed by atoms with van der Waals surface area (Å²) in [4.78, 5) is 15.9. The normalized spacial score (nSPS) is 22.4. The highest BCUT2D eigenvalue weighted by molar-refractivity contribution is 7.99. The van der Waals surface area contributed by atoms with E-state index >= 15 is 0 Å². The molecular weight excluding hydrogens is 280 g/mol. The second kappa shape index (κ2) is 7.14. The first-order chi connectivity index (χ1) is 9.24. The largest absolute Gasteiger partial charge is 0.461 e. The van der Waals surface area contributed by atoms with Gasteiger partial charge < -0.3 is 10.1 Å². The van der Waals surface area contributed by atoms with Gasteiger partial charge in [0.1, 0.15) is 5.00 Å². The van der Waals surface area contributed by atoms with Gasteiger partial charge in [0.15, 0.2) is 5.69 Å². The molecule has 2 atom stereocenters. The maximum absolute atomic E-state index is 11.7. The van der Waals surface area contributed by atoms with Crippen molar-refractivity contribution in [3.8, 4) is 0 Å². The number of rotatable bonds is 6. The van der Waals surface area contributed by atoms with Gasteiger partial charge in [0.25, 0.3) is 0 Å². The third kappa shape index (κ3) is 3.86. The van der Waals surface area contributed by atoms with Crippen molar-refractivity contribution in [2.24, 2.45) is 0 Å². The van der Waals surface area contributed by atoms with E-state index in [-0.39, 0.29) is 5.97 Å². The van der Waals surface area contributed by atoms with Gasteiger partial charge in [-0.15, -0.1) is 11.3 Å². The van der Waals surface area contributed by atoms with Crippen molar-refractivity contribution in [2.75, 3.05) is 17.7 Å². The second-order valence-electron chi connectivity index (χ2n) is 4.48. The predicted octanol–water partition coefficient (Wildman–Crippen LogP) is 3.41. The lowest BCUT2D eigenvalue weighted by Crippen LogP contribution is -2.18. The fourth-order valence-corrected chi connectivity index (χ4v) is 4.23. The molecule has 2 rings (SSSR count). The minimum absolute atomic E-state index is 0.330. The van der Waals surface area contributed by atoms with Crippen molar-refractivity contribution in [3.05, 3.63) is 11.2 Å². The van der Waals surface area contributed by atoms with E-state index in [4.69, 9.17) is 4.74 Å². The first kappa shape index (κ1) is 14.7. The molecule has 1 aliphatic rings. The molecule has 0 bridgehead atoms. The Morgan fingerprint density at radius 3 is 3.16 bits per heavy atom. The van der Waals surface area contributed by atoms with Crippen molar-refractivity contribution < 1.29 is 9.53 Å². The molecule has 19 heavy (non-hydrogen) atoms. The lowest BCUT2D eigenvalue weighted by atomic mass is 10.2. The van der Waals surface area contributed by atoms with Crippen LogP contribution in [0.15, 0.2) is 5.51 Å². The molecule has 0 saturated heterocycles. The van der Waals surface area contributed by atoms with Gasteiger partial charge in [0.2, 0.25) is 0 Å². The maximum atomic E-state index is 11.7. The Balaban J connectivity index is 1.93. The second-order valence-corrected chi connectivity index (χ2v) is 6.91. The number of aromatic nitrogens is 1. The molecule has 0 aromatic carbocycles. The predicted molar refractivity (Wildman–Crippen MR) is 81.3 cm³/mol. The molecule has 0 spiro atoms. The molecule has 1 fully saturated rings. The minimum Gasteiger partial charge on any atom is -0.461 e. The number of thiazole rings is 1. The summed E-state index contributed by atoms with van der Waals surface area (Å²) in [5, 5.41) is 5.06. The lowest BCUT2D eigenvalue weighted by molar-refractivity contribution is 0.0521. The van der Waals surface area contributed by atoms with Crippen LogP contribution in [-0.4, -0.2) is 34.6 Å². The van der Waals surface area contributed by atoms with Crippen molar-refractivity contribution in [3.63, 3.8) is 0 Å². The van der Waals surface area contributed by atoms with Crippen LogP contribution in [0.2, 0.25) is 0 Å². The van der Waals surface area contributed by atoms with Crippen LogP contribution in [0.1, 0.15) is 43.6 Å². The van der Waals surface area contributed by atoms with Crippen molar-refractivity contribution in [2.45, 2.75) is 44.4 Å². The monoisotopic (exact) mass is 300 g/mol. The molecule has 6 heteroatoms. The number of esters is 1. The van der Waals surface area contributed by atoms with Crippen LogP contribution in [0.5, 0.6) is 0 Å². The topological polar surface area (TPSA) is 51.2 Å². The standard InChI is InChI=1S/C13H20N2O2S2/c1-3-17-13(16)11-12(19-8-14-11)15-9-5-6-10(7-9)18-4-2/h8-10,15H,3-7H2,1-2H3.